The Morgan fingerprint density at radius 2 is 2.32 bits per heavy atom. The standard InChI is InChI=1S/C13H15N5S/c1-2-18-7-9(6-15-18)8-19-13-16-11-4-3-10(14)5-12(11)17-13/h3-7H,2,8,14H2,1H3,(H,16,17). The van der Waals surface area contributed by atoms with E-state index in [1.807, 2.05) is 29.1 Å². The first kappa shape index (κ1) is 12.1. The van der Waals surface area contributed by atoms with Gasteiger partial charge in [-0.15, -0.1) is 0 Å². The molecule has 5 nitrogen and oxygen atoms in total. The number of aryl methyl sites for hydroxylation is 1. The molecular weight excluding hydrogens is 258 g/mol. The van der Waals surface area contributed by atoms with Gasteiger partial charge in [0.25, 0.3) is 0 Å². The van der Waals surface area contributed by atoms with Crippen LogP contribution in [0.5, 0.6) is 0 Å². The van der Waals surface area contributed by atoms with Crippen molar-refractivity contribution in [2.75, 3.05) is 5.73 Å². The second kappa shape index (κ2) is 4.97. The summed E-state index contributed by atoms with van der Waals surface area (Å²) in [5, 5.41) is 5.16. The number of fused-ring (bicyclic) bond motifs is 1. The zero-order valence-electron chi connectivity index (χ0n) is 10.6. The van der Waals surface area contributed by atoms with Gasteiger partial charge in [0.05, 0.1) is 17.2 Å². The largest absolute Gasteiger partial charge is 0.399 e. The van der Waals surface area contributed by atoms with Crippen molar-refractivity contribution in [2.24, 2.45) is 0 Å². The smallest absolute Gasteiger partial charge is 0.166 e. The van der Waals surface area contributed by atoms with Crippen molar-refractivity contribution in [1.82, 2.24) is 19.7 Å². The molecule has 3 N–H and O–H groups in total. The fourth-order valence-corrected chi connectivity index (χ4v) is 2.68. The Balaban J connectivity index is 1.74. The lowest BCUT2D eigenvalue weighted by Gasteiger charge is -1.94. The van der Waals surface area contributed by atoms with Gasteiger partial charge in [0.2, 0.25) is 0 Å². The van der Waals surface area contributed by atoms with E-state index in [9.17, 15) is 0 Å². The SMILES string of the molecule is CCn1cc(CSc2nc3ccc(N)cc3[nH]2)cn1. The number of anilines is 1. The summed E-state index contributed by atoms with van der Waals surface area (Å²) in [6.07, 6.45) is 3.96. The van der Waals surface area contributed by atoms with Gasteiger partial charge < -0.3 is 10.7 Å². The summed E-state index contributed by atoms with van der Waals surface area (Å²) in [6, 6.07) is 5.70. The van der Waals surface area contributed by atoms with Gasteiger partial charge in [-0.2, -0.15) is 5.10 Å². The highest BCUT2D eigenvalue weighted by molar-refractivity contribution is 7.98. The lowest BCUT2D eigenvalue weighted by molar-refractivity contribution is 0.659. The van der Waals surface area contributed by atoms with E-state index in [1.165, 1.54) is 5.56 Å². The highest BCUT2D eigenvalue weighted by atomic mass is 32.2. The molecule has 2 heterocycles. The van der Waals surface area contributed by atoms with Crippen LogP contribution in [0.4, 0.5) is 5.69 Å². The third-order valence-corrected chi connectivity index (χ3v) is 3.81. The van der Waals surface area contributed by atoms with E-state index in [1.54, 1.807) is 11.8 Å². The third-order valence-electron chi connectivity index (χ3n) is 2.87. The van der Waals surface area contributed by atoms with Crippen LogP contribution in [-0.4, -0.2) is 19.7 Å². The van der Waals surface area contributed by atoms with E-state index in [-0.39, 0.29) is 0 Å². The fraction of sp³-hybridized carbons (Fsp3) is 0.231. The molecule has 0 unspecified atom stereocenters. The van der Waals surface area contributed by atoms with Gasteiger partial charge in [-0.05, 0) is 25.1 Å². The first-order valence-corrected chi connectivity index (χ1v) is 7.12. The maximum absolute atomic E-state index is 5.75. The zero-order chi connectivity index (χ0) is 13.2. The molecule has 0 saturated carbocycles. The summed E-state index contributed by atoms with van der Waals surface area (Å²) in [5.41, 5.74) is 9.62. The number of rotatable bonds is 4. The molecule has 0 saturated heterocycles. The summed E-state index contributed by atoms with van der Waals surface area (Å²) >= 11 is 1.67. The predicted octanol–water partition coefficient (Wildman–Crippen LogP) is 2.65. The highest BCUT2D eigenvalue weighted by Gasteiger charge is 2.05. The average Bonchev–Trinajstić information content (AvgIpc) is 3.01. The molecule has 98 valence electrons. The van der Waals surface area contributed by atoms with Gasteiger partial charge in [-0.1, -0.05) is 11.8 Å². The van der Waals surface area contributed by atoms with E-state index in [0.717, 1.165) is 34.2 Å². The summed E-state index contributed by atoms with van der Waals surface area (Å²) in [5.74, 6) is 0.856. The quantitative estimate of drug-likeness (QED) is 0.566. The molecule has 3 aromatic rings. The predicted molar refractivity (Wildman–Crippen MR) is 78.0 cm³/mol. The normalized spacial score (nSPS) is 11.2. The molecule has 0 spiro atoms. The molecule has 0 amide bonds. The number of aromatic nitrogens is 4. The number of H-pyrrole nitrogens is 1. The highest BCUT2D eigenvalue weighted by Crippen LogP contribution is 2.23. The van der Waals surface area contributed by atoms with E-state index in [2.05, 4.69) is 28.2 Å². The summed E-state index contributed by atoms with van der Waals surface area (Å²) < 4.78 is 1.93. The Morgan fingerprint density at radius 1 is 1.42 bits per heavy atom. The number of nitrogen functional groups attached to an aromatic ring is 1. The lowest BCUT2D eigenvalue weighted by Crippen LogP contribution is -1.92. The number of thioether (sulfide) groups is 1. The number of aromatic amines is 1. The van der Waals surface area contributed by atoms with Crippen molar-refractivity contribution in [3.8, 4) is 0 Å². The maximum Gasteiger partial charge on any atom is 0.166 e. The minimum absolute atomic E-state index is 0.747. The van der Waals surface area contributed by atoms with Crippen LogP contribution in [0.15, 0.2) is 35.7 Å². The van der Waals surface area contributed by atoms with Crippen LogP contribution in [0.3, 0.4) is 0 Å². The number of hydrogen-bond acceptors (Lipinski definition) is 4. The molecule has 0 aliphatic heterocycles. The number of hydrogen-bond donors (Lipinski definition) is 2. The summed E-state index contributed by atoms with van der Waals surface area (Å²) in [4.78, 5) is 7.79. The number of nitrogens with zero attached hydrogens (tertiary/aromatic N) is 3. The number of nitrogens with two attached hydrogens (primary N) is 1. The van der Waals surface area contributed by atoms with Crippen LogP contribution < -0.4 is 5.73 Å². The number of benzene rings is 1. The summed E-state index contributed by atoms with van der Waals surface area (Å²) in [7, 11) is 0. The van der Waals surface area contributed by atoms with Gasteiger partial charge in [0, 0.05) is 29.7 Å². The molecule has 2 aromatic heterocycles. The van der Waals surface area contributed by atoms with Gasteiger partial charge in [-0.25, -0.2) is 4.98 Å². The molecule has 0 fully saturated rings. The Kier molecular flexibility index (Phi) is 3.16. The lowest BCUT2D eigenvalue weighted by atomic mass is 10.3. The van der Waals surface area contributed by atoms with Crippen LogP contribution >= 0.6 is 11.8 Å². The number of nitrogens with one attached hydrogen (secondary N) is 1. The van der Waals surface area contributed by atoms with E-state index in [0.29, 0.717) is 0 Å². The first-order chi connectivity index (χ1) is 9.24. The third kappa shape index (κ3) is 2.58. The topological polar surface area (TPSA) is 72.5 Å². The number of imidazole rings is 1. The van der Waals surface area contributed by atoms with E-state index >= 15 is 0 Å². The van der Waals surface area contributed by atoms with Crippen molar-refractivity contribution in [2.45, 2.75) is 24.4 Å². The van der Waals surface area contributed by atoms with Crippen molar-refractivity contribution in [3.63, 3.8) is 0 Å². The molecule has 19 heavy (non-hydrogen) atoms. The van der Waals surface area contributed by atoms with Crippen LogP contribution in [-0.2, 0) is 12.3 Å². The van der Waals surface area contributed by atoms with Crippen LogP contribution in [0.2, 0.25) is 0 Å². The second-order valence-corrected chi connectivity index (χ2v) is 5.28. The van der Waals surface area contributed by atoms with E-state index in [4.69, 9.17) is 5.73 Å². The molecule has 0 aliphatic carbocycles. The Bertz CT molecular complexity index is 700. The van der Waals surface area contributed by atoms with E-state index < -0.39 is 0 Å². The maximum atomic E-state index is 5.75. The molecule has 1 aromatic carbocycles. The summed E-state index contributed by atoms with van der Waals surface area (Å²) in [6.45, 7) is 2.97. The van der Waals surface area contributed by atoms with Crippen molar-refractivity contribution < 1.29 is 0 Å². The second-order valence-electron chi connectivity index (χ2n) is 4.31. The molecule has 0 aliphatic rings. The monoisotopic (exact) mass is 273 g/mol. The minimum Gasteiger partial charge on any atom is -0.399 e. The first-order valence-electron chi connectivity index (χ1n) is 6.14. The van der Waals surface area contributed by atoms with Crippen molar-refractivity contribution in [3.05, 3.63) is 36.2 Å². The fourth-order valence-electron chi connectivity index (χ4n) is 1.88. The Hall–Kier alpha value is -1.95. The molecular formula is C13H15N5S. The van der Waals surface area contributed by atoms with Crippen LogP contribution in [0, 0.1) is 0 Å². The van der Waals surface area contributed by atoms with Crippen LogP contribution in [0.25, 0.3) is 11.0 Å². The zero-order valence-corrected chi connectivity index (χ0v) is 11.4. The molecule has 0 atom stereocenters. The van der Waals surface area contributed by atoms with Crippen molar-refractivity contribution in [1.29, 1.82) is 0 Å². The molecule has 6 heteroatoms. The molecule has 0 bridgehead atoms. The average molecular weight is 273 g/mol. The minimum atomic E-state index is 0.747. The Labute approximate surface area is 115 Å². The van der Waals surface area contributed by atoms with Gasteiger partial charge in [0.1, 0.15) is 0 Å². The van der Waals surface area contributed by atoms with Gasteiger partial charge in [-0.3, -0.25) is 4.68 Å². The van der Waals surface area contributed by atoms with Crippen LogP contribution in [0.1, 0.15) is 12.5 Å². The van der Waals surface area contributed by atoms with Gasteiger partial charge in [0.15, 0.2) is 5.16 Å². The Morgan fingerprint density at radius 3 is 3.11 bits per heavy atom. The van der Waals surface area contributed by atoms with Crippen molar-refractivity contribution >= 4 is 28.5 Å². The molecule has 0 radical (unpaired) electrons. The molecule has 3 rings (SSSR count). The van der Waals surface area contributed by atoms with Gasteiger partial charge >= 0.3 is 0 Å².